The number of phenolic OH excluding ortho intramolecular Hbond substituents is 1. The second-order valence-electron chi connectivity index (χ2n) is 4.26. The molecular weight excluding hydrogens is 216 g/mol. The summed E-state index contributed by atoms with van der Waals surface area (Å²) in [5, 5.41) is 12.3. The Balaban J connectivity index is 2.55. The van der Waals surface area contributed by atoms with E-state index in [4.69, 9.17) is 5.73 Å². The molecule has 1 aromatic carbocycles. The lowest BCUT2D eigenvalue weighted by Gasteiger charge is -2.11. The van der Waals surface area contributed by atoms with Crippen molar-refractivity contribution < 1.29 is 9.90 Å². The van der Waals surface area contributed by atoms with E-state index in [-0.39, 0.29) is 17.7 Å². The van der Waals surface area contributed by atoms with Crippen molar-refractivity contribution in [1.29, 1.82) is 0 Å². The third-order valence-corrected chi connectivity index (χ3v) is 2.66. The van der Waals surface area contributed by atoms with Gasteiger partial charge in [-0.05, 0) is 31.0 Å². The second-order valence-corrected chi connectivity index (χ2v) is 4.26. The van der Waals surface area contributed by atoms with Gasteiger partial charge in [0.2, 0.25) is 0 Å². The van der Waals surface area contributed by atoms with Gasteiger partial charge in [-0.25, -0.2) is 0 Å². The van der Waals surface area contributed by atoms with E-state index in [0.29, 0.717) is 12.1 Å². The Morgan fingerprint density at radius 2 is 2.24 bits per heavy atom. The quantitative estimate of drug-likeness (QED) is 0.726. The summed E-state index contributed by atoms with van der Waals surface area (Å²) in [5.74, 6) is -0.0673. The van der Waals surface area contributed by atoms with Gasteiger partial charge in [-0.2, -0.15) is 0 Å². The van der Waals surface area contributed by atoms with Crippen molar-refractivity contribution in [2.45, 2.75) is 32.7 Å². The number of aryl methyl sites for hydroxylation is 1. The van der Waals surface area contributed by atoms with Crippen molar-refractivity contribution in [3.63, 3.8) is 0 Å². The lowest BCUT2D eigenvalue weighted by Crippen LogP contribution is -2.37. The summed E-state index contributed by atoms with van der Waals surface area (Å²) in [5.41, 5.74) is 7.01. The Morgan fingerprint density at radius 1 is 1.53 bits per heavy atom. The number of nitrogens with one attached hydrogen (secondary N) is 1. The highest BCUT2D eigenvalue weighted by molar-refractivity contribution is 5.94. The van der Waals surface area contributed by atoms with Crippen molar-refractivity contribution in [3.8, 4) is 5.75 Å². The highest BCUT2D eigenvalue weighted by Gasteiger charge is 2.09. The molecule has 17 heavy (non-hydrogen) atoms. The third-order valence-electron chi connectivity index (χ3n) is 2.66. The van der Waals surface area contributed by atoms with E-state index in [1.165, 1.54) is 6.07 Å². The molecule has 4 nitrogen and oxygen atoms in total. The minimum absolute atomic E-state index is 0.0111. The summed E-state index contributed by atoms with van der Waals surface area (Å²) in [4.78, 5) is 11.7. The van der Waals surface area contributed by atoms with Crippen LogP contribution >= 0.6 is 0 Å². The first-order chi connectivity index (χ1) is 8.04. The Kier molecular flexibility index (Phi) is 4.97. The molecule has 0 saturated heterocycles. The lowest BCUT2D eigenvalue weighted by molar-refractivity contribution is 0.0950. The van der Waals surface area contributed by atoms with E-state index in [2.05, 4.69) is 12.2 Å². The molecule has 0 aliphatic heterocycles. The van der Waals surface area contributed by atoms with Crippen LogP contribution in [0.15, 0.2) is 18.2 Å². The molecular formula is C13H20N2O2. The number of hydrogen-bond acceptors (Lipinski definition) is 3. The van der Waals surface area contributed by atoms with E-state index < -0.39 is 0 Å². The maximum atomic E-state index is 11.7. The molecule has 4 N–H and O–H groups in total. The summed E-state index contributed by atoms with van der Waals surface area (Å²) < 4.78 is 0. The van der Waals surface area contributed by atoms with Crippen LogP contribution in [0.1, 0.15) is 35.7 Å². The Hall–Kier alpha value is -1.55. The Bertz CT molecular complexity index is 391. The molecule has 1 aromatic rings. The van der Waals surface area contributed by atoms with Crippen molar-refractivity contribution in [2.24, 2.45) is 5.73 Å². The molecule has 0 heterocycles. The third kappa shape index (κ3) is 4.07. The fraction of sp³-hybridized carbons (Fsp3) is 0.462. The highest BCUT2D eigenvalue weighted by atomic mass is 16.3. The molecule has 1 unspecified atom stereocenters. The zero-order valence-corrected chi connectivity index (χ0v) is 10.4. The number of hydrogen-bond donors (Lipinski definition) is 3. The van der Waals surface area contributed by atoms with E-state index in [1.54, 1.807) is 19.1 Å². The summed E-state index contributed by atoms with van der Waals surface area (Å²) in [7, 11) is 0. The van der Waals surface area contributed by atoms with Crippen LogP contribution in [0.25, 0.3) is 0 Å². The molecule has 0 saturated carbocycles. The maximum absolute atomic E-state index is 11.7. The smallest absolute Gasteiger partial charge is 0.251 e. The number of benzene rings is 1. The summed E-state index contributed by atoms with van der Waals surface area (Å²) in [6, 6.07) is 4.87. The largest absolute Gasteiger partial charge is 0.508 e. The van der Waals surface area contributed by atoms with Gasteiger partial charge in [0.25, 0.3) is 5.91 Å². The van der Waals surface area contributed by atoms with E-state index in [9.17, 15) is 9.90 Å². The van der Waals surface area contributed by atoms with Gasteiger partial charge in [-0.3, -0.25) is 4.79 Å². The van der Waals surface area contributed by atoms with Crippen molar-refractivity contribution in [2.75, 3.05) is 6.54 Å². The lowest BCUT2D eigenvalue weighted by atomic mass is 10.1. The molecule has 0 spiro atoms. The standard InChI is InChI=1S/C13H20N2O2/c1-3-4-11(14)8-15-13(17)10-6-5-9(2)12(16)7-10/h5-7,11,16H,3-4,8,14H2,1-2H3,(H,15,17). The molecule has 1 amide bonds. The Labute approximate surface area is 102 Å². The van der Waals surface area contributed by atoms with Crippen LogP contribution < -0.4 is 11.1 Å². The second kappa shape index (κ2) is 6.25. The molecule has 0 aliphatic rings. The van der Waals surface area contributed by atoms with Crippen LogP contribution in [-0.4, -0.2) is 23.6 Å². The van der Waals surface area contributed by atoms with Gasteiger partial charge in [0.15, 0.2) is 0 Å². The molecule has 1 rings (SSSR count). The molecule has 0 fully saturated rings. The van der Waals surface area contributed by atoms with E-state index in [1.807, 2.05) is 0 Å². The molecule has 0 bridgehead atoms. The van der Waals surface area contributed by atoms with Gasteiger partial charge in [0.1, 0.15) is 5.75 Å². The first-order valence-electron chi connectivity index (χ1n) is 5.88. The van der Waals surface area contributed by atoms with E-state index >= 15 is 0 Å². The summed E-state index contributed by atoms with van der Waals surface area (Å²) in [6.45, 7) is 4.30. The van der Waals surface area contributed by atoms with Gasteiger partial charge >= 0.3 is 0 Å². The van der Waals surface area contributed by atoms with Crippen LogP contribution in [0.2, 0.25) is 0 Å². The first kappa shape index (κ1) is 13.5. The normalized spacial score (nSPS) is 12.2. The van der Waals surface area contributed by atoms with Crippen molar-refractivity contribution >= 4 is 5.91 Å². The maximum Gasteiger partial charge on any atom is 0.251 e. The van der Waals surface area contributed by atoms with Crippen LogP contribution in [0, 0.1) is 6.92 Å². The zero-order chi connectivity index (χ0) is 12.8. The number of amides is 1. The van der Waals surface area contributed by atoms with Gasteiger partial charge in [0.05, 0.1) is 0 Å². The fourth-order valence-corrected chi connectivity index (χ4v) is 1.55. The highest BCUT2D eigenvalue weighted by Crippen LogP contribution is 2.17. The number of nitrogens with two attached hydrogens (primary N) is 1. The summed E-state index contributed by atoms with van der Waals surface area (Å²) in [6.07, 6.45) is 1.89. The van der Waals surface area contributed by atoms with Gasteiger partial charge < -0.3 is 16.2 Å². The first-order valence-corrected chi connectivity index (χ1v) is 5.88. The number of aromatic hydroxyl groups is 1. The number of carbonyl (C=O) groups excluding carboxylic acids is 1. The SMILES string of the molecule is CCCC(N)CNC(=O)c1ccc(C)c(O)c1. The number of phenols is 1. The molecule has 0 aromatic heterocycles. The monoisotopic (exact) mass is 236 g/mol. The molecule has 94 valence electrons. The molecule has 0 aliphatic carbocycles. The van der Waals surface area contributed by atoms with Crippen LogP contribution in [0.3, 0.4) is 0 Å². The van der Waals surface area contributed by atoms with Gasteiger partial charge in [-0.1, -0.05) is 19.4 Å². The minimum Gasteiger partial charge on any atom is -0.508 e. The molecule has 4 heteroatoms. The van der Waals surface area contributed by atoms with Crippen molar-refractivity contribution in [3.05, 3.63) is 29.3 Å². The van der Waals surface area contributed by atoms with Crippen LogP contribution in [-0.2, 0) is 0 Å². The topological polar surface area (TPSA) is 75.3 Å². The molecule has 0 radical (unpaired) electrons. The van der Waals surface area contributed by atoms with Gasteiger partial charge in [-0.15, -0.1) is 0 Å². The Morgan fingerprint density at radius 3 is 2.82 bits per heavy atom. The number of rotatable bonds is 5. The average molecular weight is 236 g/mol. The minimum atomic E-state index is -0.202. The van der Waals surface area contributed by atoms with E-state index in [0.717, 1.165) is 18.4 Å². The van der Waals surface area contributed by atoms with Crippen molar-refractivity contribution in [1.82, 2.24) is 5.32 Å². The van der Waals surface area contributed by atoms with Crippen LogP contribution in [0.4, 0.5) is 0 Å². The average Bonchev–Trinajstić information content (AvgIpc) is 2.30. The zero-order valence-electron chi connectivity index (χ0n) is 10.4. The van der Waals surface area contributed by atoms with Gasteiger partial charge in [0, 0.05) is 18.2 Å². The molecule has 1 atom stereocenters. The number of carbonyl (C=O) groups is 1. The summed E-state index contributed by atoms with van der Waals surface area (Å²) >= 11 is 0. The predicted octanol–water partition coefficient (Wildman–Crippen LogP) is 1.56. The predicted molar refractivity (Wildman–Crippen MR) is 68.1 cm³/mol. The van der Waals surface area contributed by atoms with Crippen LogP contribution in [0.5, 0.6) is 5.75 Å². The fourth-order valence-electron chi connectivity index (χ4n) is 1.55.